The Labute approximate surface area is 190 Å². The van der Waals surface area contributed by atoms with Crippen LogP contribution in [0.15, 0.2) is 78.1 Å². The molecule has 0 spiro atoms. The summed E-state index contributed by atoms with van der Waals surface area (Å²) in [7, 11) is 0. The van der Waals surface area contributed by atoms with Gasteiger partial charge in [0.15, 0.2) is 10.8 Å². The molecule has 0 aliphatic rings. The third kappa shape index (κ3) is 5.33. The van der Waals surface area contributed by atoms with Crippen LogP contribution in [0, 0.1) is 0 Å². The van der Waals surface area contributed by atoms with Crippen LogP contribution in [0.5, 0.6) is 0 Å². The van der Waals surface area contributed by atoms with Crippen molar-refractivity contribution in [3.63, 3.8) is 0 Å². The predicted octanol–water partition coefficient (Wildman–Crippen LogP) is 3.95. The second-order valence-corrected chi connectivity index (χ2v) is 8.13. The van der Waals surface area contributed by atoms with Crippen LogP contribution in [0.25, 0.3) is 5.65 Å². The number of nitrogens with zero attached hydrogens (tertiary/aromatic N) is 3. The second-order valence-electron chi connectivity index (χ2n) is 7.18. The first-order chi connectivity index (χ1) is 15.6. The summed E-state index contributed by atoms with van der Waals surface area (Å²) in [5.74, 6) is -0.137. The van der Waals surface area contributed by atoms with E-state index >= 15 is 0 Å². The van der Waals surface area contributed by atoms with Gasteiger partial charge in [-0.3, -0.25) is 14.0 Å². The number of fused-ring (bicyclic) bond motifs is 1. The van der Waals surface area contributed by atoms with Gasteiger partial charge in [-0.05, 0) is 41.8 Å². The fourth-order valence-electron chi connectivity index (χ4n) is 3.13. The van der Waals surface area contributed by atoms with Gasteiger partial charge in [-0.1, -0.05) is 61.2 Å². The van der Waals surface area contributed by atoms with Crippen LogP contribution in [0.2, 0.25) is 0 Å². The molecule has 0 radical (unpaired) electrons. The van der Waals surface area contributed by atoms with Gasteiger partial charge in [-0.2, -0.15) is 0 Å². The number of amides is 2. The number of pyridine rings is 1. The van der Waals surface area contributed by atoms with Gasteiger partial charge in [-0.15, -0.1) is 10.2 Å². The number of anilines is 1. The van der Waals surface area contributed by atoms with Crippen molar-refractivity contribution in [1.82, 2.24) is 19.9 Å². The average molecular weight is 446 g/mol. The molecule has 2 heterocycles. The Morgan fingerprint density at radius 3 is 2.47 bits per heavy atom. The third-order valence-corrected chi connectivity index (χ3v) is 5.85. The molecule has 0 saturated carbocycles. The lowest BCUT2D eigenvalue weighted by Crippen LogP contribution is -2.23. The summed E-state index contributed by atoms with van der Waals surface area (Å²) >= 11 is 1.27. The lowest BCUT2D eigenvalue weighted by molar-refractivity contribution is -0.113. The Morgan fingerprint density at radius 1 is 0.938 bits per heavy atom. The number of aryl methyl sites for hydroxylation is 1. The minimum absolute atomic E-state index is 0.132. The van der Waals surface area contributed by atoms with Crippen LogP contribution in [-0.2, 0) is 17.8 Å². The fourth-order valence-corrected chi connectivity index (χ4v) is 3.85. The van der Waals surface area contributed by atoms with Gasteiger partial charge < -0.3 is 10.6 Å². The molecule has 4 aromatic rings. The molecule has 7 nitrogen and oxygen atoms in total. The van der Waals surface area contributed by atoms with E-state index in [0.717, 1.165) is 17.7 Å². The molecule has 2 aromatic heterocycles. The first kappa shape index (κ1) is 21.6. The highest BCUT2D eigenvalue weighted by Gasteiger charge is 2.13. The molecule has 32 heavy (non-hydrogen) atoms. The highest BCUT2D eigenvalue weighted by Crippen LogP contribution is 2.19. The number of carbonyl (C=O) groups is 2. The Morgan fingerprint density at radius 2 is 1.72 bits per heavy atom. The van der Waals surface area contributed by atoms with Gasteiger partial charge in [0, 0.05) is 18.4 Å². The molecule has 0 aliphatic heterocycles. The van der Waals surface area contributed by atoms with E-state index in [4.69, 9.17) is 0 Å². The van der Waals surface area contributed by atoms with Crippen LogP contribution < -0.4 is 10.6 Å². The molecule has 8 heteroatoms. The summed E-state index contributed by atoms with van der Waals surface area (Å²) < 4.78 is 1.73. The topological polar surface area (TPSA) is 88.4 Å². The number of aromatic nitrogens is 3. The van der Waals surface area contributed by atoms with Crippen molar-refractivity contribution in [2.45, 2.75) is 25.0 Å². The predicted molar refractivity (Wildman–Crippen MR) is 126 cm³/mol. The normalized spacial score (nSPS) is 10.8. The highest BCUT2D eigenvalue weighted by atomic mass is 32.2. The third-order valence-electron chi connectivity index (χ3n) is 4.91. The van der Waals surface area contributed by atoms with Gasteiger partial charge in [0.2, 0.25) is 5.91 Å². The summed E-state index contributed by atoms with van der Waals surface area (Å²) in [6.07, 6.45) is 2.65. The maximum Gasteiger partial charge on any atom is 0.253 e. The number of thioether (sulfide) groups is 1. The van der Waals surface area contributed by atoms with E-state index in [-0.39, 0.29) is 17.6 Å². The van der Waals surface area contributed by atoms with Gasteiger partial charge in [0.05, 0.1) is 11.3 Å². The van der Waals surface area contributed by atoms with Crippen LogP contribution >= 0.6 is 11.8 Å². The van der Waals surface area contributed by atoms with E-state index in [1.807, 2.05) is 54.6 Å². The van der Waals surface area contributed by atoms with Crippen LogP contribution in [0.3, 0.4) is 0 Å². The lowest BCUT2D eigenvalue weighted by Gasteiger charge is -2.07. The zero-order valence-electron chi connectivity index (χ0n) is 17.6. The molecular weight excluding hydrogens is 422 g/mol. The van der Waals surface area contributed by atoms with E-state index in [1.54, 1.807) is 22.7 Å². The zero-order chi connectivity index (χ0) is 22.3. The standard InChI is InChI=1S/C24H23N5O2S/c1-2-17-8-11-20(12-9-17)26-22(30)16-32-24-28-27-21-13-10-19(15-29(21)24)23(31)25-14-18-6-4-3-5-7-18/h3-13,15H,2,14,16H2,1H3,(H,25,31)(H,26,30). The number of carbonyl (C=O) groups excluding carboxylic acids is 2. The van der Waals surface area contributed by atoms with Gasteiger partial charge in [-0.25, -0.2) is 0 Å². The van der Waals surface area contributed by atoms with E-state index in [0.29, 0.717) is 22.9 Å². The van der Waals surface area contributed by atoms with Crippen molar-refractivity contribution < 1.29 is 9.59 Å². The molecule has 4 rings (SSSR count). The summed E-state index contributed by atoms with van der Waals surface area (Å²) in [4.78, 5) is 24.9. The first-order valence-electron chi connectivity index (χ1n) is 10.3. The van der Waals surface area contributed by atoms with Crippen molar-refractivity contribution in [1.29, 1.82) is 0 Å². The SMILES string of the molecule is CCc1ccc(NC(=O)CSc2nnc3ccc(C(=O)NCc4ccccc4)cn23)cc1. The van der Waals surface area contributed by atoms with E-state index < -0.39 is 0 Å². The maximum atomic E-state index is 12.6. The minimum Gasteiger partial charge on any atom is -0.348 e. The van der Waals surface area contributed by atoms with E-state index in [2.05, 4.69) is 27.8 Å². The zero-order valence-corrected chi connectivity index (χ0v) is 18.4. The Balaban J connectivity index is 1.38. The number of hydrogen-bond donors (Lipinski definition) is 2. The van der Waals surface area contributed by atoms with Crippen LogP contribution in [-0.4, -0.2) is 32.2 Å². The number of benzene rings is 2. The molecule has 162 valence electrons. The van der Waals surface area contributed by atoms with Crippen molar-refractivity contribution in [2.24, 2.45) is 0 Å². The maximum absolute atomic E-state index is 12.6. The molecule has 0 aliphatic carbocycles. The molecule has 0 fully saturated rings. The van der Waals surface area contributed by atoms with E-state index in [1.165, 1.54) is 17.3 Å². The van der Waals surface area contributed by atoms with Gasteiger partial charge in [0.1, 0.15) is 0 Å². The van der Waals surface area contributed by atoms with E-state index in [9.17, 15) is 9.59 Å². The molecule has 2 N–H and O–H groups in total. The Bertz CT molecular complexity index is 1220. The van der Waals surface area contributed by atoms with Crippen LogP contribution in [0.4, 0.5) is 5.69 Å². The van der Waals surface area contributed by atoms with Crippen molar-refractivity contribution in [3.05, 3.63) is 89.6 Å². The van der Waals surface area contributed by atoms with Gasteiger partial charge >= 0.3 is 0 Å². The van der Waals surface area contributed by atoms with Crippen LogP contribution in [0.1, 0.15) is 28.4 Å². The molecule has 0 bridgehead atoms. The lowest BCUT2D eigenvalue weighted by atomic mass is 10.1. The molecular formula is C24H23N5O2S. The number of nitrogens with one attached hydrogen (secondary N) is 2. The summed E-state index contributed by atoms with van der Waals surface area (Å²) in [5, 5.41) is 14.6. The summed E-state index contributed by atoms with van der Waals surface area (Å²) in [5.41, 5.74) is 4.11. The molecule has 0 unspecified atom stereocenters. The monoisotopic (exact) mass is 445 g/mol. The Kier molecular flexibility index (Phi) is 6.81. The molecule has 0 saturated heterocycles. The smallest absolute Gasteiger partial charge is 0.253 e. The quantitative estimate of drug-likeness (QED) is 0.401. The molecule has 2 amide bonds. The summed E-state index contributed by atoms with van der Waals surface area (Å²) in [6.45, 7) is 2.53. The second kappa shape index (κ2) is 10.1. The summed E-state index contributed by atoms with van der Waals surface area (Å²) in [6, 6.07) is 21.0. The minimum atomic E-state index is -0.186. The number of rotatable bonds is 8. The Hall–Kier alpha value is -3.65. The average Bonchev–Trinajstić information content (AvgIpc) is 3.24. The first-order valence-corrected chi connectivity index (χ1v) is 11.3. The fraction of sp³-hybridized carbons (Fsp3) is 0.167. The highest BCUT2D eigenvalue weighted by molar-refractivity contribution is 7.99. The van der Waals surface area contributed by atoms with Gasteiger partial charge in [0.25, 0.3) is 5.91 Å². The van der Waals surface area contributed by atoms with Crippen molar-refractivity contribution in [2.75, 3.05) is 11.1 Å². The van der Waals surface area contributed by atoms with Crippen molar-refractivity contribution in [3.8, 4) is 0 Å². The number of hydrogen-bond acceptors (Lipinski definition) is 5. The molecule has 2 aromatic carbocycles. The largest absolute Gasteiger partial charge is 0.348 e. The van der Waals surface area contributed by atoms with Crippen molar-refractivity contribution >= 4 is 34.9 Å². The molecule has 0 atom stereocenters.